The number of anilines is 1. The summed E-state index contributed by atoms with van der Waals surface area (Å²) in [7, 11) is 1.51. The van der Waals surface area contributed by atoms with Gasteiger partial charge >= 0.3 is 0 Å². The van der Waals surface area contributed by atoms with Crippen LogP contribution in [0.15, 0.2) is 47.5 Å². The van der Waals surface area contributed by atoms with Crippen LogP contribution in [0.3, 0.4) is 0 Å². The monoisotopic (exact) mass is 515 g/mol. The van der Waals surface area contributed by atoms with E-state index in [2.05, 4.69) is 9.89 Å². The zero-order chi connectivity index (χ0) is 20.1. The van der Waals surface area contributed by atoms with Gasteiger partial charge in [0.15, 0.2) is 5.96 Å². The lowest BCUT2D eigenvalue weighted by Gasteiger charge is -2.36. The summed E-state index contributed by atoms with van der Waals surface area (Å²) in [4.78, 5) is 19.0. The molecule has 29 heavy (non-hydrogen) atoms. The number of nitro groups is 1. The zero-order valence-electron chi connectivity index (χ0n) is 16.0. The summed E-state index contributed by atoms with van der Waals surface area (Å²) in [5.74, 6) is 0.658. The van der Waals surface area contributed by atoms with Crippen LogP contribution in [-0.4, -0.2) is 49.1 Å². The van der Waals surface area contributed by atoms with E-state index in [9.17, 15) is 14.5 Å². The number of piperazine rings is 1. The van der Waals surface area contributed by atoms with Crippen molar-refractivity contribution in [2.75, 3.05) is 38.2 Å². The number of aliphatic imine (C=N–C) groups is 1. The Kier molecular flexibility index (Phi) is 8.00. The van der Waals surface area contributed by atoms with Crippen molar-refractivity contribution in [3.8, 4) is 5.75 Å². The number of hydrogen-bond acceptors (Lipinski definition) is 5. The summed E-state index contributed by atoms with van der Waals surface area (Å²) < 4.78 is 18.3. The number of nitro benzene ring substituents is 1. The van der Waals surface area contributed by atoms with Gasteiger partial charge in [0.2, 0.25) is 0 Å². The minimum atomic E-state index is -0.454. The highest BCUT2D eigenvalue weighted by Crippen LogP contribution is 2.24. The average molecular weight is 515 g/mol. The topological polar surface area (TPSA) is 97.2 Å². The summed E-state index contributed by atoms with van der Waals surface area (Å²) >= 11 is 0. The maximum absolute atomic E-state index is 13.1. The molecule has 2 aromatic carbocycles. The summed E-state index contributed by atoms with van der Waals surface area (Å²) in [5.41, 5.74) is 7.68. The molecule has 0 spiro atoms. The number of benzene rings is 2. The molecule has 1 heterocycles. The van der Waals surface area contributed by atoms with E-state index in [4.69, 9.17) is 10.5 Å². The molecule has 3 rings (SSSR count). The highest BCUT2D eigenvalue weighted by Gasteiger charge is 2.19. The second kappa shape index (κ2) is 10.2. The Morgan fingerprint density at radius 2 is 1.86 bits per heavy atom. The molecule has 0 amide bonds. The van der Waals surface area contributed by atoms with E-state index in [0.717, 1.165) is 18.8 Å². The Balaban J connectivity index is 0.00000300. The average Bonchev–Trinajstić information content (AvgIpc) is 2.72. The molecule has 1 fully saturated rings. The van der Waals surface area contributed by atoms with Crippen molar-refractivity contribution in [2.24, 2.45) is 10.7 Å². The van der Waals surface area contributed by atoms with E-state index in [-0.39, 0.29) is 42.0 Å². The van der Waals surface area contributed by atoms with Crippen molar-refractivity contribution in [1.29, 1.82) is 0 Å². The third-order valence-corrected chi connectivity index (χ3v) is 4.68. The summed E-state index contributed by atoms with van der Waals surface area (Å²) in [5, 5.41) is 11.0. The first-order valence-corrected chi connectivity index (χ1v) is 8.84. The van der Waals surface area contributed by atoms with E-state index in [1.165, 1.54) is 31.4 Å². The van der Waals surface area contributed by atoms with Gasteiger partial charge in [0.1, 0.15) is 11.6 Å². The van der Waals surface area contributed by atoms with Gasteiger partial charge in [0, 0.05) is 49.6 Å². The van der Waals surface area contributed by atoms with E-state index in [0.29, 0.717) is 30.4 Å². The lowest BCUT2D eigenvalue weighted by atomic mass is 10.2. The predicted molar refractivity (Wildman–Crippen MR) is 121 cm³/mol. The molecule has 2 N–H and O–H groups in total. The van der Waals surface area contributed by atoms with Crippen LogP contribution in [0.25, 0.3) is 0 Å². The molecule has 8 nitrogen and oxygen atoms in total. The Bertz CT molecular complexity index is 871. The summed E-state index contributed by atoms with van der Waals surface area (Å²) in [6, 6.07) is 10.8. The molecular formula is C19H23FIN5O3. The van der Waals surface area contributed by atoms with Gasteiger partial charge in [-0.25, -0.2) is 9.38 Å². The Morgan fingerprint density at radius 3 is 2.45 bits per heavy atom. The first kappa shape index (κ1) is 22.7. The number of ether oxygens (including phenoxy) is 1. The number of non-ortho nitro benzene ring substituents is 1. The Hall–Kier alpha value is -2.63. The number of rotatable bonds is 5. The van der Waals surface area contributed by atoms with Crippen LogP contribution in [0.2, 0.25) is 0 Å². The number of methoxy groups -OCH3 is 1. The van der Waals surface area contributed by atoms with E-state index in [1.54, 1.807) is 18.2 Å². The number of nitrogens with two attached hydrogens (primary N) is 1. The largest absolute Gasteiger partial charge is 0.496 e. The highest BCUT2D eigenvalue weighted by molar-refractivity contribution is 14.0. The SMILES string of the molecule is COc1ccc([N+](=O)[O-])cc1CN=C(N)N1CCN(c2ccc(F)cc2)CC1.I. The molecule has 1 aliphatic rings. The quantitative estimate of drug-likeness (QED) is 0.216. The lowest BCUT2D eigenvalue weighted by molar-refractivity contribution is -0.384. The molecule has 0 aliphatic carbocycles. The molecule has 0 atom stereocenters. The van der Waals surface area contributed by atoms with Crippen molar-refractivity contribution in [2.45, 2.75) is 6.54 Å². The van der Waals surface area contributed by atoms with Crippen LogP contribution in [0.1, 0.15) is 5.56 Å². The zero-order valence-corrected chi connectivity index (χ0v) is 18.3. The predicted octanol–water partition coefficient (Wildman–Crippen LogP) is 3.00. The second-order valence-electron chi connectivity index (χ2n) is 6.38. The number of halogens is 2. The van der Waals surface area contributed by atoms with Gasteiger partial charge in [-0.1, -0.05) is 0 Å². The standard InChI is InChI=1S/C19H22FN5O3.HI/c1-28-18-7-6-17(25(26)27)12-14(18)13-22-19(21)24-10-8-23(9-11-24)16-4-2-15(20)3-5-16;/h2-7,12H,8-11,13H2,1H3,(H2,21,22);1H. The fraction of sp³-hybridized carbons (Fsp3) is 0.316. The van der Waals surface area contributed by atoms with Gasteiger partial charge in [-0.3, -0.25) is 10.1 Å². The van der Waals surface area contributed by atoms with Gasteiger partial charge in [-0.2, -0.15) is 0 Å². The van der Waals surface area contributed by atoms with Crippen molar-refractivity contribution in [1.82, 2.24) is 4.90 Å². The maximum atomic E-state index is 13.1. The molecule has 0 unspecified atom stereocenters. The van der Waals surface area contributed by atoms with Crippen LogP contribution in [0.4, 0.5) is 15.8 Å². The van der Waals surface area contributed by atoms with Gasteiger partial charge < -0.3 is 20.3 Å². The van der Waals surface area contributed by atoms with Crippen molar-refractivity contribution in [3.05, 3.63) is 64.0 Å². The van der Waals surface area contributed by atoms with Crippen LogP contribution < -0.4 is 15.4 Å². The lowest BCUT2D eigenvalue weighted by Crippen LogP contribution is -2.51. The molecule has 0 bridgehead atoms. The second-order valence-corrected chi connectivity index (χ2v) is 6.38. The first-order chi connectivity index (χ1) is 13.5. The number of nitrogens with zero attached hydrogens (tertiary/aromatic N) is 4. The number of guanidine groups is 1. The van der Waals surface area contributed by atoms with Gasteiger partial charge in [0.25, 0.3) is 5.69 Å². The maximum Gasteiger partial charge on any atom is 0.270 e. The van der Waals surface area contributed by atoms with Gasteiger partial charge in [-0.05, 0) is 30.3 Å². The molecule has 156 valence electrons. The van der Waals surface area contributed by atoms with Crippen LogP contribution in [0, 0.1) is 15.9 Å². The highest BCUT2D eigenvalue weighted by atomic mass is 127. The van der Waals surface area contributed by atoms with E-state index < -0.39 is 4.92 Å². The van der Waals surface area contributed by atoms with Gasteiger partial charge in [0.05, 0.1) is 18.6 Å². The molecule has 2 aromatic rings. The molecule has 1 aliphatic heterocycles. The smallest absolute Gasteiger partial charge is 0.270 e. The molecule has 0 aromatic heterocycles. The first-order valence-electron chi connectivity index (χ1n) is 8.84. The molecule has 10 heteroatoms. The fourth-order valence-corrected chi connectivity index (χ4v) is 3.11. The summed E-state index contributed by atoms with van der Waals surface area (Å²) in [6.07, 6.45) is 0. The molecule has 0 saturated carbocycles. The normalized spacial score (nSPS) is 14.3. The van der Waals surface area contributed by atoms with Crippen molar-refractivity contribution < 1.29 is 14.1 Å². The molecular weight excluding hydrogens is 492 g/mol. The minimum absolute atomic E-state index is 0. The van der Waals surface area contributed by atoms with Crippen molar-refractivity contribution >= 4 is 41.3 Å². The molecule has 1 saturated heterocycles. The Morgan fingerprint density at radius 1 is 1.21 bits per heavy atom. The van der Waals surface area contributed by atoms with Crippen LogP contribution in [-0.2, 0) is 6.54 Å². The van der Waals surface area contributed by atoms with Gasteiger partial charge in [-0.15, -0.1) is 24.0 Å². The fourth-order valence-electron chi connectivity index (χ4n) is 3.11. The minimum Gasteiger partial charge on any atom is -0.496 e. The third-order valence-electron chi connectivity index (χ3n) is 4.68. The van der Waals surface area contributed by atoms with E-state index in [1.807, 2.05) is 4.90 Å². The third kappa shape index (κ3) is 5.68. The van der Waals surface area contributed by atoms with Crippen molar-refractivity contribution in [3.63, 3.8) is 0 Å². The van der Waals surface area contributed by atoms with Crippen LogP contribution in [0.5, 0.6) is 5.75 Å². The summed E-state index contributed by atoms with van der Waals surface area (Å²) in [6.45, 7) is 3.02. The Labute approximate surface area is 185 Å². The van der Waals surface area contributed by atoms with E-state index >= 15 is 0 Å². The van der Waals surface area contributed by atoms with Crippen LogP contribution >= 0.6 is 24.0 Å². The number of hydrogen-bond donors (Lipinski definition) is 1. The molecule has 0 radical (unpaired) electrons.